The number of fused-ring (bicyclic) bond motifs is 1. The maximum atomic E-state index is 12.3. The summed E-state index contributed by atoms with van der Waals surface area (Å²) in [6.45, 7) is 13.3. The molecule has 2 aromatic heterocycles. The van der Waals surface area contributed by atoms with Crippen LogP contribution in [0.1, 0.15) is 84.2 Å². The number of rotatable bonds is 7. The van der Waals surface area contributed by atoms with E-state index in [1.807, 2.05) is 20.8 Å². The van der Waals surface area contributed by atoms with E-state index < -0.39 is 0 Å². The number of aromatic nitrogens is 4. The third kappa shape index (κ3) is 8.86. The summed E-state index contributed by atoms with van der Waals surface area (Å²) < 4.78 is 1.30. The molecule has 0 radical (unpaired) electrons. The van der Waals surface area contributed by atoms with Crippen molar-refractivity contribution in [3.8, 4) is 0 Å². The van der Waals surface area contributed by atoms with Crippen molar-refractivity contribution in [1.29, 1.82) is 0 Å². The molecule has 1 saturated heterocycles. The Morgan fingerprint density at radius 1 is 1.19 bits per heavy atom. The highest BCUT2D eigenvalue weighted by molar-refractivity contribution is 5.53. The SMILES string of the molecule is C/C=C\C=C(/CC)CN1CCC(c2cc(=O)n3[nH]c(CC=O)nc3n2)CC1.CC.CC1=CCCC=C1. The Hall–Kier alpha value is -3.06. The average molecular weight is 494 g/mol. The topological polar surface area (TPSA) is 83.4 Å². The van der Waals surface area contributed by atoms with E-state index in [4.69, 9.17) is 0 Å². The second-order valence-corrected chi connectivity index (χ2v) is 8.88. The zero-order valence-electron chi connectivity index (χ0n) is 22.7. The third-order valence-electron chi connectivity index (χ3n) is 6.26. The van der Waals surface area contributed by atoms with E-state index in [2.05, 4.69) is 70.3 Å². The first kappa shape index (κ1) is 29.2. The molecule has 1 fully saturated rings. The standard InChI is InChI=1S/C20H27N5O2.C7H10.C2H6/c1-3-5-6-15(4-2)14-24-10-7-16(8-11-24)17-13-19(27)25-20(21-17)22-18(23-25)9-12-26;1-7-5-3-2-4-6-7;1-2/h3,5-6,12-13,16H,4,7-11,14H2,1-2H3,(H,21,22,23);3,5-6H,2,4H2,1H3;1-2H3/b5-3-,15-6+;;. The molecule has 2 aliphatic rings. The largest absolute Gasteiger partial charge is 0.303 e. The highest BCUT2D eigenvalue weighted by Gasteiger charge is 2.23. The third-order valence-corrected chi connectivity index (χ3v) is 6.26. The molecule has 2 aromatic rings. The quantitative estimate of drug-likeness (QED) is 0.403. The fraction of sp³-hybridized carbons (Fsp3) is 0.517. The lowest BCUT2D eigenvalue weighted by atomic mass is 9.93. The van der Waals surface area contributed by atoms with Crippen LogP contribution < -0.4 is 5.56 Å². The van der Waals surface area contributed by atoms with Gasteiger partial charge >= 0.3 is 0 Å². The van der Waals surface area contributed by atoms with Crippen LogP contribution in [0.15, 0.2) is 58.5 Å². The van der Waals surface area contributed by atoms with Crippen molar-refractivity contribution in [2.45, 2.75) is 79.1 Å². The van der Waals surface area contributed by atoms with Crippen molar-refractivity contribution in [1.82, 2.24) is 24.5 Å². The molecular weight excluding hydrogens is 450 g/mol. The Kier molecular flexibility index (Phi) is 12.8. The van der Waals surface area contributed by atoms with Crippen LogP contribution in [0.5, 0.6) is 0 Å². The molecule has 0 spiro atoms. The van der Waals surface area contributed by atoms with E-state index in [9.17, 15) is 9.59 Å². The van der Waals surface area contributed by atoms with Gasteiger partial charge in [-0.25, -0.2) is 4.98 Å². The Morgan fingerprint density at radius 2 is 1.94 bits per heavy atom. The van der Waals surface area contributed by atoms with Crippen molar-refractivity contribution in [3.63, 3.8) is 0 Å². The molecule has 1 aliphatic heterocycles. The van der Waals surface area contributed by atoms with Crippen LogP contribution in [-0.2, 0) is 11.2 Å². The van der Waals surface area contributed by atoms with Crippen LogP contribution in [0.4, 0.5) is 0 Å². The van der Waals surface area contributed by atoms with Gasteiger partial charge in [-0.2, -0.15) is 9.50 Å². The molecule has 1 N–H and O–H groups in total. The number of aromatic amines is 1. The number of nitrogens with zero attached hydrogens (tertiary/aromatic N) is 4. The summed E-state index contributed by atoms with van der Waals surface area (Å²) in [5.74, 6) is 1.08. The van der Waals surface area contributed by atoms with Gasteiger partial charge in [0.15, 0.2) is 0 Å². The van der Waals surface area contributed by atoms with Gasteiger partial charge in [-0.1, -0.05) is 68.4 Å². The minimum absolute atomic E-state index is 0.150. The second-order valence-electron chi connectivity index (χ2n) is 8.88. The summed E-state index contributed by atoms with van der Waals surface area (Å²) in [5, 5.41) is 2.83. The first-order valence-corrected chi connectivity index (χ1v) is 13.3. The summed E-state index contributed by atoms with van der Waals surface area (Å²) in [7, 11) is 0. The molecule has 4 rings (SSSR count). The number of piperidine rings is 1. The van der Waals surface area contributed by atoms with Crippen LogP contribution in [0, 0.1) is 0 Å². The first-order chi connectivity index (χ1) is 17.5. The summed E-state index contributed by atoms with van der Waals surface area (Å²) in [6.07, 6.45) is 19.4. The van der Waals surface area contributed by atoms with Crippen molar-refractivity contribution >= 4 is 12.1 Å². The number of H-pyrrole nitrogens is 1. The number of aldehydes is 1. The molecule has 0 saturated carbocycles. The lowest BCUT2D eigenvalue weighted by molar-refractivity contribution is -0.107. The lowest BCUT2D eigenvalue weighted by Gasteiger charge is -2.32. The number of hydrogen-bond donors (Lipinski definition) is 1. The molecular formula is C29H43N5O2. The Balaban J connectivity index is 0.000000431. The van der Waals surface area contributed by atoms with Crippen molar-refractivity contribution in [2.75, 3.05) is 19.6 Å². The van der Waals surface area contributed by atoms with Crippen LogP contribution in [0.2, 0.25) is 0 Å². The Labute approximate surface area is 215 Å². The maximum Gasteiger partial charge on any atom is 0.274 e. The molecule has 0 atom stereocenters. The van der Waals surface area contributed by atoms with E-state index >= 15 is 0 Å². The predicted octanol–water partition coefficient (Wildman–Crippen LogP) is 5.56. The molecule has 0 unspecified atom stereocenters. The first-order valence-electron chi connectivity index (χ1n) is 13.3. The summed E-state index contributed by atoms with van der Waals surface area (Å²) in [5.41, 5.74) is 3.48. The molecule has 7 heteroatoms. The molecule has 7 nitrogen and oxygen atoms in total. The smallest absolute Gasteiger partial charge is 0.274 e. The number of allylic oxidation sites excluding steroid dienone is 7. The minimum atomic E-state index is -0.176. The van der Waals surface area contributed by atoms with E-state index in [-0.39, 0.29) is 17.9 Å². The number of nitrogens with one attached hydrogen (secondary N) is 1. The van der Waals surface area contributed by atoms with Gasteiger partial charge < -0.3 is 4.79 Å². The molecule has 0 amide bonds. The van der Waals surface area contributed by atoms with E-state index in [0.29, 0.717) is 11.6 Å². The zero-order chi connectivity index (χ0) is 26.3. The van der Waals surface area contributed by atoms with Gasteiger partial charge in [0.25, 0.3) is 11.3 Å². The van der Waals surface area contributed by atoms with Gasteiger partial charge in [0.2, 0.25) is 0 Å². The average Bonchev–Trinajstić information content (AvgIpc) is 3.32. The van der Waals surface area contributed by atoms with E-state index in [0.717, 1.165) is 50.9 Å². The van der Waals surface area contributed by atoms with Crippen molar-refractivity contribution in [3.05, 3.63) is 75.5 Å². The van der Waals surface area contributed by atoms with Gasteiger partial charge in [-0.3, -0.25) is 14.8 Å². The van der Waals surface area contributed by atoms with E-state index in [1.165, 1.54) is 28.5 Å². The van der Waals surface area contributed by atoms with Crippen LogP contribution >= 0.6 is 0 Å². The highest BCUT2D eigenvalue weighted by Crippen LogP contribution is 2.26. The second kappa shape index (κ2) is 15.8. The van der Waals surface area contributed by atoms with Crippen LogP contribution in [0.25, 0.3) is 5.78 Å². The maximum absolute atomic E-state index is 12.3. The predicted molar refractivity (Wildman–Crippen MR) is 148 cm³/mol. The molecule has 36 heavy (non-hydrogen) atoms. The van der Waals surface area contributed by atoms with E-state index in [1.54, 1.807) is 6.07 Å². The fourth-order valence-corrected chi connectivity index (χ4v) is 4.25. The van der Waals surface area contributed by atoms with Gasteiger partial charge in [-0.05, 0) is 59.0 Å². The van der Waals surface area contributed by atoms with Gasteiger partial charge in [0.05, 0.1) is 12.1 Å². The number of hydrogen-bond acceptors (Lipinski definition) is 5. The molecule has 0 aromatic carbocycles. The van der Waals surface area contributed by atoms with Crippen molar-refractivity contribution < 1.29 is 4.79 Å². The van der Waals surface area contributed by atoms with Crippen LogP contribution in [0.3, 0.4) is 0 Å². The monoisotopic (exact) mass is 493 g/mol. The molecule has 1 aliphatic carbocycles. The summed E-state index contributed by atoms with van der Waals surface area (Å²) in [4.78, 5) is 34.3. The molecule has 196 valence electrons. The lowest BCUT2D eigenvalue weighted by Crippen LogP contribution is -2.35. The normalized spacial score (nSPS) is 16.8. The molecule has 0 bridgehead atoms. The molecule has 3 heterocycles. The number of carbonyl (C=O) groups excluding carboxylic acids is 1. The zero-order valence-corrected chi connectivity index (χ0v) is 22.7. The van der Waals surface area contributed by atoms with Gasteiger partial charge in [0, 0.05) is 18.5 Å². The van der Waals surface area contributed by atoms with Gasteiger partial charge in [0.1, 0.15) is 12.1 Å². The number of carbonyl (C=O) groups is 1. The van der Waals surface area contributed by atoms with Crippen LogP contribution in [-0.4, -0.2) is 50.4 Å². The Morgan fingerprint density at radius 3 is 2.50 bits per heavy atom. The van der Waals surface area contributed by atoms with Crippen molar-refractivity contribution in [2.24, 2.45) is 0 Å². The summed E-state index contributed by atoms with van der Waals surface area (Å²) >= 11 is 0. The Bertz CT molecular complexity index is 1130. The minimum Gasteiger partial charge on any atom is -0.303 e. The fourth-order valence-electron chi connectivity index (χ4n) is 4.25. The number of likely N-dealkylation sites (tertiary alicyclic amines) is 1. The highest BCUT2D eigenvalue weighted by atomic mass is 16.1. The summed E-state index contributed by atoms with van der Waals surface area (Å²) in [6, 6.07) is 1.60. The van der Waals surface area contributed by atoms with Gasteiger partial charge in [-0.15, -0.1) is 0 Å².